The van der Waals surface area contributed by atoms with Gasteiger partial charge in [-0.25, -0.2) is 0 Å². The molecule has 0 heterocycles. The SMILES string of the molecule is COc1ccc(-c2cccc3c2CCC3=O)c(OC)c1OCC(C)(C)CO. The minimum Gasteiger partial charge on any atom is -0.493 e. The van der Waals surface area contributed by atoms with Crippen LogP contribution in [0.1, 0.15) is 36.2 Å². The highest BCUT2D eigenvalue weighted by atomic mass is 16.5. The second-order valence-electron chi connectivity index (χ2n) is 7.54. The maximum atomic E-state index is 12.1. The summed E-state index contributed by atoms with van der Waals surface area (Å²) >= 11 is 0. The van der Waals surface area contributed by atoms with Gasteiger partial charge >= 0.3 is 0 Å². The molecule has 2 aromatic carbocycles. The van der Waals surface area contributed by atoms with Gasteiger partial charge in [0.15, 0.2) is 17.3 Å². The molecule has 144 valence electrons. The van der Waals surface area contributed by atoms with E-state index in [9.17, 15) is 9.90 Å². The van der Waals surface area contributed by atoms with Crippen molar-refractivity contribution in [2.75, 3.05) is 27.4 Å². The summed E-state index contributed by atoms with van der Waals surface area (Å²) in [6, 6.07) is 9.56. The Bertz CT molecular complexity index is 854. The zero-order valence-corrected chi connectivity index (χ0v) is 16.3. The topological polar surface area (TPSA) is 65.0 Å². The van der Waals surface area contributed by atoms with E-state index in [0.29, 0.717) is 30.3 Å². The number of ketones is 1. The molecule has 0 aromatic heterocycles. The number of benzene rings is 2. The highest BCUT2D eigenvalue weighted by Crippen LogP contribution is 2.46. The van der Waals surface area contributed by atoms with E-state index < -0.39 is 5.41 Å². The van der Waals surface area contributed by atoms with Gasteiger partial charge in [0.1, 0.15) is 0 Å². The third-order valence-electron chi connectivity index (χ3n) is 4.90. The summed E-state index contributed by atoms with van der Waals surface area (Å²) in [6.45, 7) is 4.16. The number of carbonyl (C=O) groups excluding carboxylic acids is 1. The quantitative estimate of drug-likeness (QED) is 0.801. The molecule has 1 aliphatic carbocycles. The van der Waals surface area contributed by atoms with E-state index in [1.54, 1.807) is 14.2 Å². The molecule has 1 N–H and O–H groups in total. The Morgan fingerprint density at radius 2 is 1.70 bits per heavy atom. The molecule has 0 amide bonds. The molecule has 5 nitrogen and oxygen atoms in total. The number of ether oxygens (including phenoxy) is 3. The smallest absolute Gasteiger partial charge is 0.204 e. The number of carbonyl (C=O) groups is 1. The number of aliphatic hydroxyl groups is 1. The second-order valence-corrected chi connectivity index (χ2v) is 7.54. The second kappa shape index (κ2) is 7.61. The van der Waals surface area contributed by atoms with Crippen LogP contribution >= 0.6 is 0 Å². The summed E-state index contributed by atoms with van der Waals surface area (Å²) in [5.41, 5.74) is 3.28. The molecule has 0 saturated carbocycles. The number of aliphatic hydroxyl groups excluding tert-OH is 1. The minimum absolute atomic E-state index is 0.00558. The number of hydrogen-bond acceptors (Lipinski definition) is 5. The van der Waals surface area contributed by atoms with Crippen molar-refractivity contribution < 1.29 is 24.1 Å². The summed E-state index contributed by atoms with van der Waals surface area (Å²) < 4.78 is 17.2. The van der Waals surface area contributed by atoms with Gasteiger partial charge in [-0.05, 0) is 29.7 Å². The molecule has 0 fully saturated rings. The number of rotatable bonds is 7. The van der Waals surface area contributed by atoms with Crippen LogP contribution in [0.3, 0.4) is 0 Å². The number of methoxy groups -OCH3 is 2. The van der Waals surface area contributed by atoms with Crippen molar-refractivity contribution in [3.8, 4) is 28.4 Å². The normalized spacial score (nSPS) is 13.4. The van der Waals surface area contributed by atoms with Gasteiger partial charge in [0.05, 0.1) is 27.4 Å². The van der Waals surface area contributed by atoms with Crippen LogP contribution in [0.15, 0.2) is 30.3 Å². The molecule has 27 heavy (non-hydrogen) atoms. The molecule has 0 saturated heterocycles. The van der Waals surface area contributed by atoms with Gasteiger partial charge in [-0.15, -0.1) is 0 Å². The highest BCUT2D eigenvalue weighted by molar-refractivity contribution is 6.02. The van der Waals surface area contributed by atoms with Crippen molar-refractivity contribution in [1.82, 2.24) is 0 Å². The van der Waals surface area contributed by atoms with Crippen LogP contribution in [0.2, 0.25) is 0 Å². The fourth-order valence-electron chi connectivity index (χ4n) is 3.31. The van der Waals surface area contributed by atoms with E-state index in [2.05, 4.69) is 0 Å². The van der Waals surface area contributed by atoms with Crippen molar-refractivity contribution in [2.45, 2.75) is 26.7 Å². The summed E-state index contributed by atoms with van der Waals surface area (Å²) in [7, 11) is 3.17. The molecule has 0 spiro atoms. The van der Waals surface area contributed by atoms with Crippen LogP contribution in [0, 0.1) is 5.41 Å². The summed E-state index contributed by atoms with van der Waals surface area (Å²) in [4.78, 5) is 12.1. The molecule has 0 unspecified atom stereocenters. The molecule has 0 bridgehead atoms. The molecule has 0 atom stereocenters. The highest BCUT2D eigenvalue weighted by Gasteiger charge is 2.27. The average Bonchev–Trinajstić information content (AvgIpc) is 3.06. The standard InChI is InChI=1S/C22H26O5/c1-22(2,12-23)13-27-21-19(25-3)11-9-17(20(21)26-4)14-6-5-7-16-15(14)8-10-18(16)24/h5-7,9,11,23H,8,10,12-13H2,1-4H3. The van der Waals surface area contributed by atoms with Gasteiger partial charge < -0.3 is 19.3 Å². The molecular formula is C22H26O5. The number of hydrogen-bond donors (Lipinski definition) is 1. The fraction of sp³-hybridized carbons (Fsp3) is 0.409. The summed E-state index contributed by atoms with van der Waals surface area (Å²) in [5, 5.41) is 9.51. The minimum atomic E-state index is -0.396. The van der Waals surface area contributed by atoms with Crippen molar-refractivity contribution >= 4 is 5.78 Å². The van der Waals surface area contributed by atoms with Gasteiger partial charge in [-0.3, -0.25) is 4.79 Å². The van der Waals surface area contributed by atoms with E-state index >= 15 is 0 Å². The lowest BCUT2D eigenvalue weighted by Crippen LogP contribution is -2.25. The molecule has 0 aliphatic heterocycles. The van der Waals surface area contributed by atoms with Crippen LogP contribution < -0.4 is 14.2 Å². The molecule has 5 heteroatoms. The number of fused-ring (bicyclic) bond motifs is 1. The Kier molecular flexibility index (Phi) is 5.42. The largest absolute Gasteiger partial charge is 0.493 e. The van der Waals surface area contributed by atoms with Crippen LogP contribution in [-0.2, 0) is 6.42 Å². The first-order valence-electron chi connectivity index (χ1n) is 9.06. The Morgan fingerprint density at radius 1 is 0.963 bits per heavy atom. The van der Waals surface area contributed by atoms with Crippen LogP contribution in [0.4, 0.5) is 0 Å². The van der Waals surface area contributed by atoms with Crippen LogP contribution in [0.5, 0.6) is 17.2 Å². The summed E-state index contributed by atoms with van der Waals surface area (Å²) in [5.74, 6) is 1.81. The van der Waals surface area contributed by atoms with Crippen molar-refractivity contribution in [3.05, 3.63) is 41.5 Å². The maximum Gasteiger partial charge on any atom is 0.204 e. The van der Waals surface area contributed by atoms with Gasteiger partial charge in [0.2, 0.25) is 5.75 Å². The first-order valence-corrected chi connectivity index (χ1v) is 9.06. The Balaban J connectivity index is 2.10. The third-order valence-corrected chi connectivity index (χ3v) is 4.90. The predicted molar refractivity (Wildman–Crippen MR) is 104 cm³/mol. The van der Waals surface area contributed by atoms with E-state index in [1.165, 1.54) is 0 Å². The molecule has 1 aliphatic rings. The lowest BCUT2D eigenvalue weighted by atomic mass is 9.95. The Labute approximate surface area is 159 Å². The van der Waals surface area contributed by atoms with Crippen molar-refractivity contribution in [3.63, 3.8) is 0 Å². The first kappa shape index (κ1) is 19.2. The summed E-state index contributed by atoms with van der Waals surface area (Å²) in [6.07, 6.45) is 1.27. The Hall–Kier alpha value is -2.53. The van der Waals surface area contributed by atoms with E-state index in [1.807, 2.05) is 44.2 Å². The Morgan fingerprint density at radius 3 is 2.37 bits per heavy atom. The van der Waals surface area contributed by atoms with Crippen molar-refractivity contribution in [1.29, 1.82) is 0 Å². The molecule has 3 rings (SSSR count). The maximum absolute atomic E-state index is 12.1. The zero-order valence-electron chi connectivity index (χ0n) is 16.3. The third kappa shape index (κ3) is 3.65. The van der Waals surface area contributed by atoms with Crippen molar-refractivity contribution in [2.24, 2.45) is 5.41 Å². The van der Waals surface area contributed by atoms with Gasteiger partial charge in [0, 0.05) is 23.0 Å². The lowest BCUT2D eigenvalue weighted by molar-refractivity contribution is 0.0941. The average molecular weight is 370 g/mol. The zero-order chi connectivity index (χ0) is 19.6. The molecule has 0 radical (unpaired) electrons. The van der Waals surface area contributed by atoms with E-state index in [0.717, 1.165) is 28.7 Å². The van der Waals surface area contributed by atoms with Gasteiger partial charge in [-0.2, -0.15) is 0 Å². The molecule has 2 aromatic rings. The molecular weight excluding hydrogens is 344 g/mol. The van der Waals surface area contributed by atoms with E-state index in [-0.39, 0.29) is 12.4 Å². The lowest BCUT2D eigenvalue weighted by Gasteiger charge is -2.24. The number of Topliss-reactive ketones (excluding diaryl/α,β-unsaturated/α-hetero) is 1. The van der Waals surface area contributed by atoms with Gasteiger partial charge in [0.25, 0.3) is 0 Å². The van der Waals surface area contributed by atoms with Gasteiger partial charge in [-0.1, -0.05) is 32.0 Å². The van der Waals surface area contributed by atoms with Crippen LogP contribution in [0.25, 0.3) is 11.1 Å². The fourth-order valence-corrected chi connectivity index (χ4v) is 3.31. The van der Waals surface area contributed by atoms with E-state index in [4.69, 9.17) is 14.2 Å². The monoisotopic (exact) mass is 370 g/mol. The first-order chi connectivity index (χ1) is 12.9. The van der Waals surface area contributed by atoms with Crippen LogP contribution in [-0.4, -0.2) is 38.3 Å². The predicted octanol–water partition coefficient (Wildman–Crippen LogP) is 3.90.